The van der Waals surface area contributed by atoms with Crippen molar-refractivity contribution in [3.8, 4) is 0 Å². The Hall–Kier alpha value is -2.82. The lowest BCUT2D eigenvalue weighted by atomic mass is 10.1. The number of primary amides is 1. The van der Waals surface area contributed by atoms with Crippen LogP contribution in [0, 0.1) is 0 Å². The molecule has 5 heteroatoms. The van der Waals surface area contributed by atoms with Crippen LogP contribution in [0.5, 0.6) is 0 Å². The van der Waals surface area contributed by atoms with Crippen LogP contribution in [0.2, 0.25) is 0 Å². The van der Waals surface area contributed by atoms with Gasteiger partial charge in [0.1, 0.15) is 0 Å². The molecule has 2 aromatic carbocycles. The molecule has 0 saturated carbocycles. The molecule has 1 amide bonds. The number of amides is 1. The van der Waals surface area contributed by atoms with Crippen molar-refractivity contribution in [3.63, 3.8) is 0 Å². The van der Waals surface area contributed by atoms with Crippen molar-refractivity contribution >= 4 is 11.9 Å². The van der Waals surface area contributed by atoms with Crippen molar-refractivity contribution in [3.05, 3.63) is 70.8 Å². The highest BCUT2D eigenvalue weighted by Gasteiger charge is 2.03. The molecule has 0 radical (unpaired) electrons. The lowest BCUT2D eigenvalue weighted by Crippen LogP contribution is -2.36. The topological polar surface area (TPSA) is 79.5 Å². The molecule has 2 aromatic rings. The Morgan fingerprint density at radius 1 is 1.00 bits per heavy atom. The van der Waals surface area contributed by atoms with Gasteiger partial charge in [-0.05, 0) is 35.2 Å². The van der Waals surface area contributed by atoms with E-state index >= 15 is 0 Å². The molecule has 0 bridgehead atoms. The highest BCUT2D eigenvalue weighted by atomic mass is 16.1. The molecule has 4 N–H and O–H groups in total. The zero-order valence-electron chi connectivity index (χ0n) is 14.2. The van der Waals surface area contributed by atoms with Gasteiger partial charge < -0.3 is 16.4 Å². The van der Waals surface area contributed by atoms with Crippen molar-refractivity contribution in [1.29, 1.82) is 0 Å². The van der Waals surface area contributed by atoms with Crippen molar-refractivity contribution in [1.82, 2.24) is 10.6 Å². The molecule has 0 aliphatic heterocycles. The smallest absolute Gasteiger partial charge is 0.248 e. The van der Waals surface area contributed by atoms with E-state index in [9.17, 15) is 4.79 Å². The van der Waals surface area contributed by atoms with E-state index in [1.165, 1.54) is 11.1 Å². The van der Waals surface area contributed by atoms with Gasteiger partial charge >= 0.3 is 0 Å². The zero-order chi connectivity index (χ0) is 17.4. The number of benzene rings is 2. The Labute approximate surface area is 143 Å². The Bertz CT molecular complexity index is 708. The van der Waals surface area contributed by atoms with Crippen molar-refractivity contribution in [2.45, 2.75) is 26.4 Å². The highest BCUT2D eigenvalue weighted by molar-refractivity contribution is 5.92. The van der Waals surface area contributed by atoms with Gasteiger partial charge in [0.2, 0.25) is 5.91 Å². The molecule has 2 rings (SSSR count). The number of hydrogen-bond acceptors (Lipinski definition) is 2. The monoisotopic (exact) mass is 324 g/mol. The number of aliphatic imine (C=N–C) groups is 1. The van der Waals surface area contributed by atoms with Crippen LogP contribution in [-0.4, -0.2) is 18.9 Å². The van der Waals surface area contributed by atoms with Crippen LogP contribution in [0.25, 0.3) is 0 Å². The van der Waals surface area contributed by atoms with Crippen LogP contribution < -0.4 is 16.4 Å². The normalized spacial score (nSPS) is 11.2. The number of nitrogens with zero attached hydrogens (tertiary/aromatic N) is 1. The third-order valence-electron chi connectivity index (χ3n) is 3.87. The minimum atomic E-state index is -0.415. The van der Waals surface area contributed by atoms with Crippen LogP contribution in [0.3, 0.4) is 0 Å². The van der Waals surface area contributed by atoms with Gasteiger partial charge in [-0.15, -0.1) is 0 Å². The minimum absolute atomic E-state index is 0.415. The molecule has 126 valence electrons. The maximum Gasteiger partial charge on any atom is 0.248 e. The highest BCUT2D eigenvalue weighted by Crippen LogP contribution is 2.09. The van der Waals surface area contributed by atoms with Gasteiger partial charge in [0, 0.05) is 25.7 Å². The summed E-state index contributed by atoms with van der Waals surface area (Å²) in [5.41, 5.74) is 9.41. The Morgan fingerprint density at radius 3 is 2.21 bits per heavy atom. The summed E-state index contributed by atoms with van der Waals surface area (Å²) in [6, 6.07) is 15.6. The van der Waals surface area contributed by atoms with E-state index in [2.05, 4.69) is 40.7 Å². The lowest BCUT2D eigenvalue weighted by molar-refractivity contribution is 0.100. The molecule has 5 nitrogen and oxygen atoms in total. The van der Waals surface area contributed by atoms with Crippen LogP contribution in [-0.2, 0) is 19.5 Å². The van der Waals surface area contributed by atoms with E-state index in [0.29, 0.717) is 12.1 Å². The second-order valence-corrected chi connectivity index (χ2v) is 5.46. The minimum Gasteiger partial charge on any atom is -0.366 e. The summed E-state index contributed by atoms with van der Waals surface area (Å²) in [7, 11) is 1.75. The SMILES string of the molecule is CCc1ccccc1CNC(=NC)NCc1ccc(C(N)=O)cc1. The molecular formula is C19H24N4O. The summed E-state index contributed by atoms with van der Waals surface area (Å²) >= 11 is 0. The predicted octanol–water partition coefficient (Wildman–Crippen LogP) is 2.21. The third kappa shape index (κ3) is 4.84. The van der Waals surface area contributed by atoms with Crippen LogP contribution in [0.1, 0.15) is 34.0 Å². The van der Waals surface area contributed by atoms with Gasteiger partial charge in [0.05, 0.1) is 0 Å². The number of rotatable bonds is 6. The molecule has 0 heterocycles. The number of nitrogens with two attached hydrogens (primary N) is 1. The fourth-order valence-corrected chi connectivity index (χ4v) is 2.45. The van der Waals surface area contributed by atoms with E-state index in [1.807, 2.05) is 18.2 Å². The van der Waals surface area contributed by atoms with E-state index in [-0.39, 0.29) is 0 Å². The summed E-state index contributed by atoms with van der Waals surface area (Å²) in [6.45, 7) is 3.50. The fourth-order valence-electron chi connectivity index (χ4n) is 2.45. The Morgan fingerprint density at radius 2 is 1.62 bits per heavy atom. The van der Waals surface area contributed by atoms with Gasteiger partial charge in [-0.3, -0.25) is 9.79 Å². The maximum atomic E-state index is 11.1. The summed E-state index contributed by atoms with van der Waals surface area (Å²) in [5, 5.41) is 6.59. The molecule has 0 aliphatic carbocycles. The van der Waals surface area contributed by atoms with Gasteiger partial charge in [-0.2, -0.15) is 0 Å². The summed E-state index contributed by atoms with van der Waals surface area (Å²) < 4.78 is 0. The molecule has 0 aromatic heterocycles. The molecule has 0 unspecified atom stereocenters. The molecule has 0 atom stereocenters. The van der Waals surface area contributed by atoms with Gasteiger partial charge in [-0.25, -0.2) is 0 Å². The maximum absolute atomic E-state index is 11.1. The first-order chi connectivity index (χ1) is 11.6. The quantitative estimate of drug-likeness (QED) is 0.563. The average molecular weight is 324 g/mol. The van der Waals surface area contributed by atoms with Crippen LogP contribution in [0.4, 0.5) is 0 Å². The van der Waals surface area contributed by atoms with E-state index < -0.39 is 5.91 Å². The molecular weight excluding hydrogens is 300 g/mol. The van der Waals surface area contributed by atoms with Crippen molar-refractivity contribution < 1.29 is 4.79 Å². The second kappa shape index (κ2) is 8.72. The number of aryl methyl sites for hydroxylation is 1. The first-order valence-corrected chi connectivity index (χ1v) is 8.04. The number of guanidine groups is 1. The third-order valence-corrected chi connectivity index (χ3v) is 3.87. The molecule has 0 aliphatic rings. The number of nitrogens with one attached hydrogen (secondary N) is 2. The number of hydrogen-bond donors (Lipinski definition) is 3. The first-order valence-electron chi connectivity index (χ1n) is 8.04. The van der Waals surface area contributed by atoms with E-state index in [0.717, 1.165) is 24.5 Å². The molecule has 0 fully saturated rings. The number of carbonyl (C=O) groups excluding carboxylic acids is 1. The lowest BCUT2D eigenvalue weighted by Gasteiger charge is -2.14. The van der Waals surface area contributed by atoms with Gasteiger partial charge in [0.15, 0.2) is 5.96 Å². The number of carbonyl (C=O) groups is 1. The average Bonchev–Trinajstić information content (AvgIpc) is 2.62. The first kappa shape index (κ1) is 17.5. The fraction of sp³-hybridized carbons (Fsp3) is 0.263. The van der Waals surface area contributed by atoms with Crippen molar-refractivity contribution in [2.75, 3.05) is 7.05 Å². The molecule has 0 saturated heterocycles. The van der Waals surface area contributed by atoms with Crippen LogP contribution >= 0.6 is 0 Å². The molecule has 24 heavy (non-hydrogen) atoms. The van der Waals surface area contributed by atoms with Gasteiger partial charge in [-0.1, -0.05) is 43.3 Å². The van der Waals surface area contributed by atoms with Gasteiger partial charge in [0.25, 0.3) is 0 Å². The summed E-state index contributed by atoms with van der Waals surface area (Å²) in [4.78, 5) is 15.3. The summed E-state index contributed by atoms with van der Waals surface area (Å²) in [5.74, 6) is 0.321. The van der Waals surface area contributed by atoms with E-state index in [1.54, 1.807) is 19.2 Å². The van der Waals surface area contributed by atoms with Crippen LogP contribution in [0.15, 0.2) is 53.5 Å². The summed E-state index contributed by atoms with van der Waals surface area (Å²) in [6.07, 6.45) is 1.01. The largest absolute Gasteiger partial charge is 0.366 e. The Balaban J connectivity index is 1.89. The Kier molecular flexibility index (Phi) is 6.37. The van der Waals surface area contributed by atoms with Crippen molar-refractivity contribution in [2.24, 2.45) is 10.7 Å². The standard InChI is InChI=1S/C19H24N4O/c1-3-15-6-4-5-7-17(15)13-23-19(21-2)22-12-14-8-10-16(11-9-14)18(20)24/h4-11H,3,12-13H2,1-2H3,(H2,20,24)(H2,21,22,23). The predicted molar refractivity (Wildman–Crippen MR) is 97.8 cm³/mol. The second-order valence-electron chi connectivity index (χ2n) is 5.46. The molecule has 0 spiro atoms. The van der Waals surface area contributed by atoms with E-state index in [4.69, 9.17) is 5.73 Å². The zero-order valence-corrected chi connectivity index (χ0v) is 14.2.